The average Bonchev–Trinajstić information content (AvgIpc) is 1.66. The van der Waals surface area contributed by atoms with Crippen LogP contribution in [0.15, 0.2) is 13.2 Å². The van der Waals surface area contributed by atoms with Gasteiger partial charge in [-0.2, -0.15) is 0 Å². The van der Waals surface area contributed by atoms with Crippen molar-refractivity contribution in [2.75, 3.05) is 0 Å². The highest BCUT2D eigenvalue weighted by Gasteiger charge is 1.65. The first kappa shape index (κ1) is 15.7. The van der Waals surface area contributed by atoms with Gasteiger partial charge in [-0.05, 0) is 0 Å². The third-order valence-corrected chi connectivity index (χ3v) is 0. The highest BCUT2D eigenvalue weighted by molar-refractivity contribution is 4.22. The molecular weight excluding hydrogens is 148 g/mol. The Bertz CT molecular complexity index is 81.9. The van der Waals surface area contributed by atoms with Gasteiger partial charge < -0.3 is 10.4 Å². The predicted octanol–water partition coefficient (Wildman–Crippen LogP) is 0.107. The molecule has 0 unspecified atom stereocenters. The second-order valence-electron chi connectivity index (χ2n) is 0.476. The molecule has 60 valence electrons. The van der Waals surface area contributed by atoms with Crippen LogP contribution in [-0.4, -0.2) is 20.6 Å². The molecule has 0 fully saturated rings. The Balaban J connectivity index is -0.0000000787. The highest BCUT2D eigenvalue weighted by Crippen LogP contribution is 1.38. The first-order valence-electron chi connectivity index (χ1n) is 1.63. The molecule has 0 bridgehead atoms. The third kappa shape index (κ3) is 46.9. The average molecular weight is 154 g/mol. The molecule has 0 aromatic rings. The molecule has 8 nitrogen and oxygen atoms in total. The molecule has 0 aliphatic heterocycles. The van der Waals surface area contributed by atoms with Crippen LogP contribution in [0.4, 0.5) is 0 Å². The van der Waals surface area contributed by atoms with Crippen LogP contribution in [0.1, 0.15) is 0 Å². The molecular formula is C2H6N2O6. The topological polar surface area (TPSA) is 127 Å². The predicted molar refractivity (Wildman–Crippen MR) is 28.8 cm³/mol. The molecule has 0 aliphatic rings. The van der Waals surface area contributed by atoms with Crippen LogP contribution >= 0.6 is 0 Å². The lowest BCUT2D eigenvalue weighted by molar-refractivity contribution is -0.742. The van der Waals surface area contributed by atoms with E-state index in [0.29, 0.717) is 0 Å². The van der Waals surface area contributed by atoms with Gasteiger partial charge in [0.2, 0.25) is 0 Å². The van der Waals surface area contributed by atoms with E-state index in [4.69, 9.17) is 30.6 Å². The minimum atomic E-state index is -1.50. The minimum Gasteiger partial charge on any atom is -0.328 e. The van der Waals surface area contributed by atoms with Gasteiger partial charge in [-0.3, -0.25) is 0 Å². The van der Waals surface area contributed by atoms with Gasteiger partial charge in [-0.15, -0.1) is 33.4 Å². The molecule has 0 amide bonds. The molecule has 0 rings (SSSR count). The number of hydrogen-bond donors (Lipinski definition) is 2. The Labute approximate surface area is 55.2 Å². The van der Waals surface area contributed by atoms with Gasteiger partial charge >= 0.3 is 0 Å². The molecule has 0 aromatic heterocycles. The summed E-state index contributed by atoms with van der Waals surface area (Å²) in [7, 11) is 0. The van der Waals surface area contributed by atoms with Crippen molar-refractivity contribution in [3.8, 4) is 0 Å². The standard InChI is InChI=1S/C2H4.2HNO3/c1-2;2*2-1(3)4/h1-2H2;2*(H,2,3,4). The number of hydrogen-bond acceptors (Lipinski definition) is 4. The van der Waals surface area contributed by atoms with Gasteiger partial charge in [0.1, 0.15) is 0 Å². The highest BCUT2D eigenvalue weighted by atomic mass is 16.9. The summed E-state index contributed by atoms with van der Waals surface area (Å²) in [6, 6.07) is 0. The second kappa shape index (κ2) is 15.7. The molecule has 0 atom stereocenters. The largest absolute Gasteiger partial charge is 0.328 e. The fraction of sp³-hybridized carbons (Fsp3) is 0. The fourth-order valence-electron chi connectivity index (χ4n) is 0. The van der Waals surface area contributed by atoms with E-state index in [9.17, 15) is 0 Å². The first-order chi connectivity index (χ1) is 4.46. The molecule has 0 radical (unpaired) electrons. The van der Waals surface area contributed by atoms with Crippen LogP contribution in [0.2, 0.25) is 0 Å². The van der Waals surface area contributed by atoms with Crippen molar-refractivity contribution in [3.05, 3.63) is 33.4 Å². The lowest BCUT2D eigenvalue weighted by Crippen LogP contribution is -1.81. The van der Waals surface area contributed by atoms with Gasteiger partial charge in [-0.1, -0.05) is 0 Å². The molecule has 2 N–H and O–H groups in total. The maximum atomic E-state index is 8.36. The summed E-state index contributed by atoms with van der Waals surface area (Å²) >= 11 is 0. The summed E-state index contributed by atoms with van der Waals surface area (Å²) in [6.45, 7) is 6.00. The SMILES string of the molecule is C=C.O=[N+]([O-])O.O=[N+]([O-])O. The second-order valence-corrected chi connectivity index (χ2v) is 0.476. The van der Waals surface area contributed by atoms with Crippen LogP contribution < -0.4 is 0 Å². The van der Waals surface area contributed by atoms with E-state index >= 15 is 0 Å². The normalized spacial score (nSPS) is 5.20. The Morgan fingerprint density at radius 2 is 1.00 bits per heavy atom. The molecule has 8 heteroatoms. The van der Waals surface area contributed by atoms with E-state index in [0.717, 1.165) is 0 Å². The maximum Gasteiger partial charge on any atom is 0.291 e. The van der Waals surface area contributed by atoms with E-state index in [2.05, 4.69) is 13.2 Å². The summed E-state index contributed by atoms with van der Waals surface area (Å²) in [5.74, 6) is 0. The van der Waals surface area contributed by atoms with Crippen LogP contribution in [0.5, 0.6) is 0 Å². The van der Waals surface area contributed by atoms with Crippen molar-refractivity contribution in [1.29, 1.82) is 0 Å². The molecule has 0 saturated heterocycles. The molecule has 0 heterocycles. The van der Waals surface area contributed by atoms with E-state index in [1.807, 2.05) is 0 Å². The molecule has 0 aliphatic carbocycles. The maximum absolute atomic E-state index is 8.36. The lowest BCUT2D eigenvalue weighted by Gasteiger charge is -1.56. The van der Waals surface area contributed by atoms with Crippen molar-refractivity contribution >= 4 is 0 Å². The van der Waals surface area contributed by atoms with Crippen molar-refractivity contribution in [1.82, 2.24) is 0 Å². The van der Waals surface area contributed by atoms with Crippen molar-refractivity contribution < 1.29 is 20.6 Å². The summed E-state index contributed by atoms with van der Waals surface area (Å²) in [5, 5.41) is 27.3. The van der Waals surface area contributed by atoms with E-state index < -0.39 is 10.2 Å². The zero-order valence-electron chi connectivity index (χ0n) is 4.84. The van der Waals surface area contributed by atoms with Gasteiger partial charge in [0.15, 0.2) is 0 Å². The van der Waals surface area contributed by atoms with E-state index in [-0.39, 0.29) is 0 Å². The van der Waals surface area contributed by atoms with Gasteiger partial charge in [0, 0.05) is 0 Å². The molecule has 0 aromatic carbocycles. The summed E-state index contributed by atoms with van der Waals surface area (Å²) in [6.07, 6.45) is 0. The monoisotopic (exact) mass is 154 g/mol. The Hall–Kier alpha value is -1.86. The fourth-order valence-corrected chi connectivity index (χ4v) is 0. The van der Waals surface area contributed by atoms with Crippen LogP contribution in [0.25, 0.3) is 0 Å². The van der Waals surface area contributed by atoms with Gasteiger partial charge in [0.05, 0.1) is 0 Å². The lowest BCUT2D eigenvalue weighted by atomic mass is 11.3. The van der Waals surface area contributed by atoms with Crippen LogP contribution in [0, 0.1) is 20.2 Å². The zero-order chi connectivity index (χ0) is 9.15. The van der Waals surface area contributed by atoms with Crippen molar-refractivity contribution in [2.45, 2.75) is 0 Å². The van der Waals surface area contributed by atoms with Gasteiger partial charge in [0.25, 0.3) is 10.2 Å². The quantitative estimate of drug-likeness (QED) is 0.289. The van der Waals surface area contributed by atoms with Crippen molar-refractivity contribution in [2.24, 2.45) is 0 Å². The summed E-state index contributed by atoms with van der Waals surface area (Å²) in [5.41, 5.74) is 0. The molecule has 10 heavy (non-hydrogen) atoms. The van der Waals surface area contributed by atoms with E-state index in [1.165, 1.54) is 0 Å². The third-order valence-electron chi connectivity index (χ3n) is 0. The van der Waals surface area contributed by atoms with Crippen molar-refractivity contribution in [3.63, 3.8) is 0 Å². The Kier molecular flexibility index (Phi) is 24.7. The van der Waals surface area contributed by atoms with Gasteiger partial charge in [-0.25, -0.2) is 0 Å². The minimum absolute atomic E-state index is 1.50. The summed E-state index contributed by atoms with van der Waals surface area (Å²) < 4.78 is 0. The van der Waals surface area contributed by atoms with Crippen LogP contribution in [-0.2, 0) is 0 Å². The summed E-state index contributed by atoms with van der Waals surface area (Å²) in [4.78, 5) is 16.7. The smallest absolute Gasteiger partial charge is 0.291 e. The Morgan fingerprint density at radius 1 is 1.00 bits per heavy atom. The van der Waals surface area contributed by atoms with Crippen LogP contribution in [0.3, 0.4) is 0 Å². The Morgan fingerprint density at radius 3 is 1.00 bits per heavy atom. The zero-order valence-corrected chi connectivity index (χ0v) is 4.84. The number of rotatable bonds is 0. The number of nitrogens with zero attached hydrogens (tertiary/aromatic N) is 2. The van der Waals surface area contributed by atoms with E-state index in [1.54, 1.807) is 0 Å². The first-order valence-corrected chi connectivity index (χ1v) is 1.63. The molecule has 0 spiro atoms. The molecule has 0 saturated carbocycles.